The van der Waals surface area contributed by atoms with E-state index < -0.39 is 0 Å². The Morgan fingerprint density at radius 2 is 1.55 bits per heavy atom. The van der Waals surface area contributed by atoms with Crippen LogP contribution in [-0.2, 0) is 13.1 Å². The maximum atomic E-state index is 5.61. The van der Waals surface area contributed by atoms with Gasteiger partial charge in [0.05, 0.1) is 0 Å². The van der Waals surface area contributed by atoms with Crippen LogP contribution in [0.15, 0.2) is 24.3 Å². The summed E-state index contributed by atoms with van der Waals surface area (Å²) >= 11 is 0. The van der Waals surface area contributed by atoms with Crippen molar-refractivity contribution >= 4 is 0 Å². The minimum absolute atomic E-state index is 0.633. The Morgan fingerprint density at radius 1 is 0.864 bits per heavy atom. The van der Waals surface area contributed by atoms with E-state index in [0.29, 0.717) is 6.54 Å². The van der Waals surface area contributed by atoms with Gasteiger partial charge in [-0.1, -0.05) is 82.1 Å². The van der Waals surface area contributed by atoms with Crippen LogP contribution in [0.4, 0.5) is 0 Å². The van der Waals surface area contributed by atoms with E-state index in [1.54, 1.807) is 0 Å². The van der Waals surface area contributed by atoms with Crippen molar-refractivity contribution in [2.75, 3.05) is 6.54 Å². The van der Waals surface area contributed by atoms with Crippen LogP contribution in [-0.4, -0.2) is 6.54 Å². The molecule has 1 aromatic carbocycles. The van der Waals surface area contributed by atoms with Crippen LogP contribution in [0.1, 0.15) is 75.3 Å². The highest BCUT2D eigenvalue weighted by Gasteiger charge is 2.12. The average Bonchev–Trinajstić information content (AvgIpc) is 2.59. The molecule has 0 saturated heterocycles. The second-order valence-electron chi connectivity index (χ2n) is 6.90. The number of nitrogens with two attached hydrogens (primary N) is 1. The summed E-state index contributed by atoms with van der Waals surface area (Å²) in [5, 5.41) is 3.55. The van der Waals surface area contributed by atoms with Crippen molar-refractivity contribution < 1.29 is 0 Å². The second-order valence-corrected chi connectivity index (χ2v) is 6.90. The minimum Gasteiger partial charge on any atom is -0.326 e. The third kappa shape index (κ3) is 6.93. The lowest BCUT2D eigenvalue weighted by molar-refractivity contribution is 0.328. The van der Waals surface area contributed by atoms with E-state index in [-0.39, 0.29) is 0 Å². The third-order valence-electron chi connectivity index (χ3n) is 5.03. The molecule has 0 aromatic heterocycles. The summed E-state index contributed by atoms with van der Waals surface area (Å²) < 4.78 is 0. The van der Waals surface area contributed by atoms with E-state index in [1.807, 2.05) is 0 Å². The molecule has 0 heterocycles. The van der Waals surface area contributed by atoms with Crippen molar-refractivity contribution in [3.05, 3.63) is 35.4 Å². The lowest BCUT2D eigenvalue weighted by atomic mass is 9.85. The van der Waals surface area contributed by atoms with Crippen molar-refractivity contribution in [1.29, 1.82) is 0 Å². The van der Waals surface area contributed by atoms with Crippen LogP contribution in [0.2, 0.25) is 0 Å². The van der Waals surface area contributed by atoms with Crippen LogP contribution in [0.3, 0.4) is 0 Å². The summed E-state index contributed by atoms with van der Waals surface area (Å²) in [5.74, 6) is 1.06. The maximum absolute atomic E-state index is 5.61. The standard InChI is InChI=1S/C20H34N2/c21-16-19-11-13-20(14-12-19)17-22-15-7-2-1-4-8-18-9-5-3-6-10-18/h11-14,18,22H,1-10,15-17,21H2. The Hall–Kier alpha value is -0.860. The predicted octanol–water partition coefficient (Wildman–Crippen LogP) is 4.77. The molecule has 0 radical (unpaired) electrons. The molecule has 0 atom stereocenters. The Balaban J connectivity index is 1.42. The Morgan fingerprint density at radius 3 is 2.27 bits per heavy atom. The highest BCUT2D eigenvalue weighted by Crippen LogP contribution is 2.27. The number of benzene rings is 1. The Kier molecular flexibility index (Phi) is 8.59. The SMILES string of the molecule is NCc1ccc(CNCCCCCCC2CCCCC2)cc1. The molecule has 1 aliphatic rings. The lowest BCUT2D eigenvalue weighted by Crippen LogP contribution is -2.14. The molecule has 124 valence electrons. The fourth-order valence-electron chi connectivity index (χ4n) is 3.54. The molecule has 1 aromatic rings. The average molecular weight is 303 g/mol. The fourth-order valence-corrected chi connectivity index (χ4v) is 3.54. The van der Waals surface area contributed by atoms with Gasteiger partial charge in [0, 0.05) is 13.1 Å². The quantitative estimate of drug-likeness (QED) is 0.611. The Labute approximate surface area is 136 Å². The minimum atomic E-state index is 0.633. The maximum Gasteiger partial charge on any atom is 0.0205 e. The molecular weight excluding hydrogens is 268 g/mol. The second kappa shape index (κ2) is 10.8. The molecule has 1 aliphatic carbocycles. The number of rotatable bonds is 10. The van der Waals surface area contributed by atoms with Gasteiger partial charge in [0.2, 0.25) is 0 Å². The summed E-state index contributed by atoms with van der Waals surface area (Å²) in [6.45, 7) is 2.75. The van der Waals surface area contributed by atoms with E-state index in [1.165, 1.54) is 75.3 Å². The monoisotopic (exact) mass is 302 g/mol. The van der Waals surface area contributed by atoms with Gasteiger partial charge in [-0.05, 0) is 30.0 Å². The molecule has 0 spiro atoms. The first kappa shape index (κ1) is 17.5. The molecule has 0 bridgehead atoms. The molecule has 2 heteroatoms. The summed E-state index contributed by atoms with van der Waals surface area (Å²) in [7, 11) is 0. The molecule has 0 unspecified atom stereocenters. The number of hydrogen-bond acceptors (Lipinski definition) is 2. The fraction of sp³-hybridized carbons (Fsp3) is 0.700. The van der Waals surface area contributed by atoms with Gasteiger partial charge >= 0.3 is 0 Å². The zero-order chi connectivity index (χ0) is 15.5. The molecular formula is C20H34N2. The molecule has 1 fully saturated rings. The molecule has 2 rings (SSSR count). The first-order chi connectivity index (χ1) is 10.9. The summed E-state index contributed by atoms with van der Waals surface area (Å²) in [5.41, 5.74) is 8.18. The highest BCUT2D eigenvalue weighted by atomic mass is 14.8. The molecule has 2 nitrogen and oxygen atoms in total. The largest absolute Gasteiger partial charge is 0.326 e. The van der Waals surface area contributed by atoms with E-state index in [0.717, 1.165) is 19.0 Å². The van der Waals surface area contributed by atoms with Crippen LogP contribution in [0, 0.1) is 5.92 Å². The van der Waals surface area contributed by atoms with Crippen LogP contribution in [0.25, 0.3) is 0 Å². The zero-order valence-corrected chi connectivity index (χ0v) is 14.2. The first-order valence-electron chi connectivity index (χ1n) is 9.37. The summed E-state index contributed by atoms with van der Waals surface area (Å²) in [6, 6.07) is 8.61. The van der Waals surface area contributed by atoms with Gasteiger partial charge in [-0.2, -0.15) is 0 Å². The highest BCUT2D eigenvalue weighted by molar-refractivity contribution is 5.22. The van der Waals surface area contributed by atoms with Crippen molar-refractivity contribution in [2.45, 2.75) is 77.3 Å². The van der Waals surface area contributed by atoms with Crippen molar-refractivity contribution in [3.63, 3.8) is 0 Å². The van der Waals surface area contributed by atoms with E-state index >= 15 is 0 Å². The van der Waals surface area contributed by atoms with E-state index in [4.69, 9.17) is 5.73 Å². The normalized spacial score (nSPS) is 16.0. The van der Waals surface area contributed by atoms with Gasteiger partial charge in [0.15, 0.2) is 0 Å². The zero-order valence-electron chi connectivity index (χ0n) is 14.2. The van der Waals surface area contributed by atoms with Gasteiger partial charge < -0.3 is 11.1 Å². The van der Waals surface area contributed by atoms with Gasteiger partial charge in [0.1, 0.15) is 0 Å². The van der Waals surface area contributed by atoms with Crippen LogP contribution < -0.4 is 11.1 Å². The summed E-state index contributed by atoms with van der Waals surface area (Å²) in [6.07, 6.45) is 14.5. The van der Waals surface area contributed by atoms with Crippen molar-refractivity contribution in [2.24, 2.45) is 11.7 Å². The third-order valence-corrected chi connectivity index (χ3v) is 5.03. The first-order valence-corrected chi connectivity index (χ1v) is 9.37. The molecule has 0 aliphatic heterocycles. The van der Waals surface area contributed by atoms with Gasteiger partial charge in [-0.3, -0.25) is 0 Å². The van der Waals surface area contributed by atoms with Gasteiger partial charge in [-0.15, -0.1) is 0 Å². The molecule has 3 N–H and O–H groups in total. The van der Waals surface area contributed by atoms with Gasteiger partial charge in [0.25, 0.3) is 0 Å². The number of hydrogen-bond donors (Lipinski definition) is 2. The number of nitrogens with one attached hydrogen (secondary N) is 1. The lowest BCUT2D eigenvalue weighted by Gasteiger charge is -2.21. The van der Waals surface area contributed by atoms with E-state index in [9.17, 15) is 0 Å². The molecule has 0 amide bonds. The Bertz CT molecular complexity index is 379. The van der Waals surface area contributed by atoms with Crippen LogP contribution >= 0.6 is 0 Å². The summed E-state index contributed by atoms with van der Waals surface area (Å²) in [4.78, 5) is 0. The number of unbranched alkanes of at least 4 members (excludes halogenated alkanes) is 3. The van der Waals surface area contributed by atoms with Crippen molar-refractivity contribution in [3.8, 4) is 0 Å². The van der Waals surface area contributed by atoms with Crippen molar-refractivity contribution in [1.82, 2.24) is 5.32 Å². The molecule has 1 saturated carbocycles. The predicted molar refractivity (Wildman–Crippen MR) is 95.7 cm³/mol. The van der Waals surface area contributed by atoms with Gasteiger partial charge in [-0.25, -0.2) is 0 Å². The topological polar surface area (TPSA) is 38.0 Å². The molecule has 22 heavy (non-hydrogen) atoms. The van der Waals surface area contributed by atoms with E-state index in [2.05, 4.69) is 29.6 Å². The smallest absolute Gasteiger partial charge is 0.0205 e. The van der Waals surface area contributed by atoms with Crippen LogP contribution in [0.5, 0.6) is 0 Å².